The van der Waals surface area contributed by atoms with Gasteiger partial charge in [0.25, 0.3) is 0 Å². The lowest BCUT2D eigenvalue weighted by atomic mass is 10.0. The molecule has 0 radical (unpaired) electrons. The van der Waals surface area contributed by atoms with Gasteiger partial charge in [-0.05, 0) is 28.8 Å². The number of imidazole rings is 1. The van der Waals surface area contributed by atoms with E-state index in [1.165, 1.54) is 16.5 Å². The first-order chi connectivity index (χ1) is 12.2. The zero-order valence-corrected chi connectivity index (χ0v) is 14.7. The highest BCUT2D eigenvalue weighted by atomic mass is 35.5. The summed E-state index contributed by atoms with van der Waals surface area (Å²) in [6, 6.07) is 14.8. The molecule has 128 valence electrons. The number of hydrogen-bond acceptors (Lipinski definition) is 2. The van der Waals surface area contributed by atoms with Gasteiger partial charge in [0.1, 0.15) is 5.88 Å². The fraction of sp³-hybridized carbons (Fsp3) is 0.300. The SMILES string of the molecule is O=C(CCl)N(Cc1ccc2ccccc2c1)C1CCn2cncc2C1. The maximum absolute atomic E-state index is 12.5. The molecule has 0 fully saturated rings. The molecule has 1 aromatic heterocycles. The first kappa shape index (κ1) is 16.2. The number of hydrogen-bond donors (Lipinski definition) is 0. The van der Waals surface area contributed by atoms with E-state index >= 15 is 0 Å². The lowest BCUT2D eigenvalue weighted by molar-refractivity contribution is -0.131. The molecule has 0 N–H and O–H groups in total. The lowest BCUT2D eigenvalue weighted by Crippen LogP contribution is -2.44. The summed E-state index contributed by atoms with van der Waals surface area (Å²) in [7, 11) is 0. The van der Waals surface area contributed by atoms with Crippen LogP contribution in [0.2, 0.25) is 0 Å². The number of fused-ring (bicyclic) bond motifs is 2. The maximum Gasteiger partial charge on any atom is 0.238 e. The highest BCUT2D eigenvalue weighted by Gasteiger charge is 2.27. The van der Waals surface area contributed by atoms with Crippen LogP contribution < -0.4 is 0 Å². The second-order valence-corrected chi connectivity index (χ2v) is 6.83. The Kier molecular flexibility index (Phi) is 4.45. The van der Waals surface area contributed by atoms with E-state index < -0.39 is 0 Å². The Morgan fingerprint density at radius 1 is 1.24 bits per heavy atom. The van der Waals surface area contributed by atoms with E-state index in [1.54, 1.807) is 0 Å². The van der Waals surface area contributed by atoms with Gasteiger partial charge in [-0.3, -0.25) is 4.79 Å². The molecule has 4 nitrogen and oxygen atoms in total. The van der Waals surface area contributed by atoms with Crippen molar-refractivity contribution >= 4 is 28.3 Å². The summed E-state index contributed by atoms with van der Waals surface area (Å²) in [5.41, 5.74) is 2.32. The number of alkyl halides is 1. The van der Waals surface area contributed by atoms with Crippen LogP contribution in [-0.4, -0.2) is 32.3 Å². The summed E-state index contributed by atoms with van der Waals surface area (Å²) >= 11 is 5.90. The van der Waals surface area contributed by atoms with Gasteiger partial charge in [-0.2, -0.15) is 0 Å². The van der Waals surface area contributed by atoms with Crippen molar-refractivity contribution in [3.63, 3.8) is 0 Å². The molecule has 1 unspecified atom stereocenters. The third-order valence-corrected chi connectivity index (χ3v) is 5.22. The average Bonchev–Trinajstić information content (AvgIpc) is 3.13. The van der Waals surface area contributed by atoms with Crippen molar-refractivity contribution in [3.8, 4) is 0 Å². The Balaban J connectivity index is 1.59. The van der Waals surface area contributed by atoms with Crippen LogP contribution in [0.4, 0.5) is 0 Å². The molecule has 0 bridgehead atoms. The zero-order chi connectivity index (χ0) is 17.2. The third kappa shape index (κ3) is 3.27. The van der Waals surface area contributed by atoms with E-state index in [9.17, 15) is 4.79 Å². The van der Waals surface area contributed by atoms with Crippen LogP contribution in [0, 0.1) is 0 Å². The van der Waals surface area contributed by atoms with Crippen molar-refractivity contribution in [2.24, 2.45) is 0 Å². The van der Waals surface area contributed by atoms with Crippen molar-refractivity contribution in [1.82, 2.24) is 14.5 Å². The van der Waals surface area contributed by atoms with Crippen molar-refractivity contribution < 1.29 is 4.79 Å². The van der Waals surface area contributed by atoms with Gasteiger partial charge >= 0.3 is 0 Å². The largest absolute Gasteiger partial charge is 0.334 e. The number of aromatic nitrogens is 2. The average molecular weight is 354 g/mol. The molecule has 25 heavy (non-hydrogen) atoms. The van der Waals surface area contributed by atoms with Crippen LogP contribution in [0.25, 0.3) is 10.8 Å². The Bertz CT molecular complexity index is 905. The van der Waals surface area contributed by atoms with E-state index in [-0.39, 0.29) is 17.8 Å². The minimum absolute atomic E-state index is 0.00668. The fourth-order valence-electron chi connectivity index (χ4n) is 3.65. The Morgan fingerprint density at radius 3 is 2.92 bits per heavy atom. The Morgan fingerprint density at radius 2 is 2.08 bits per heavy atom. The topological polar surface area (TPSA) is 38.1 Å². The predicted molar refractivity (Wildman–Crippen MR) is 99.6 cm³/mol. The molecule has 0 saturated carbocycles. The number of rotatable bonds is 4. The second-order valence-electron chi connectivity index (χ2n) is 6.56. The quantitative estimate of drug-likeness (QED) is 0.672. The number of carbonyl (C=O) groups is 1. The molecular formula is C20H20ClN3O. The number of carbonyl (C=O) groups excluding carboxylic acids is 1. The maximum atomic E-state index is 12.5. The lowest BCUT2D eigenvalue weighted by Gasteiger charge is -2.34. The molecule has 5 heteroatoms. The summed E-state index contributed by atoms with van der Waals surface area (Å²) in [5.74, 6) is 0.0105. The molecule has 1 aliphatic heterocycles. The van der Waals surface area contributed by atoms with Gasteiger partial charge in [0.15, 0.2) is 0 Å². The molecule has 0 saturated heterocycles. The number of halogens is 1. The van der Waals surface area contributed by atoms with Crippen LogP contribution in [-0.2, 0) is 24.3 Å². The zero-order valence-electron chi connectivity index (χ0n) is 13.9. The third-order valence-electron chi connectivity index (χ3n) is 4.99. The standard InChI is InChI=1S/C20H20ClN3O/c21-11-20(25)24(18-7-8-23-14-22-12-19(23)10-18)13-15-5-6-16-3-1-2-4-17(16)9-15/h1-6,9,12,14,18H,7-8,10-11,13H2. The summed E-state index contributed by atoms with van der Waals surface area (Å²) in [5, 5.41) is 2.41. The number of benzene rings is 2. The molecule has 0 spiro atoms. The van der Waals surface area contributed by atoms with Crippen LogP contribution in [0.1, 0.15) is 17.7 Å². The first-order valence-corrected chi connectivity index (χ1v) is 9.10. The number of aryl methyl sites for hydroxylation is 1. The highest BCUT2D eigenvalue weighted by molar-refractivity contribution is 6.27. The van der Waals surface area contributed by atoms with Gasteiger partial charge in [0.05, 0.1) is 6.33 Å². The van der Waals surface area contributed by atoms with E-state index in [4.69, 9.17) is 11.6 Å². The summed E-state index contributed by atoms with van der Waals surface area (Å²) in [6.07, 6.45) is 5.52. The van der Waals surface area contributed by atoms with E-state index in [0.29, 0.717) is 6.54 Å². The van der Waals surface area contributed by atoms with Crippen molar-refractivity contribution in [1.29, 1.82) is 0 Å². The van der Waals surface area contributed by atoms with Crippen molar-refractivity contribution in [2.45, 2.75) is 32.0 Å². The van der Waals surface area contributed by atoms with Crippen LogP contribution >= 0.6 is 11.6 Å². The second kappa shape index (κ2) is 6.89. The van der Waals surface area contributed by atoms with Gasteiger partial charge in [0.2, 0.25) is 5.91 Å². The summed E-state index contributed by atoms with van der Waals surface area (Å²) in [6.45, 7) is 1.49. The van der Waals surface area contributed by atoms with Crippen molar-refractivity contribution in [2.75, 3.05) is 5.88 Å². The van der Waals surface area contributed by atoms with E-state index in [2.05, 4.69) is 39.9 Å². The molecule has 2 heterocycles. The molecule has 1 aliphatic rings. The van der Waals surface area contributed by atoms with Crippen LogP contribution in [0.15, 0.2) is 55.0 Å². The Hall–Kier alpha value is -2.33. The van der Waals surface area contributed by atoms with Gasteiger partial charge in [-0.1, -0.05) is 36.4 Å². The number of amides is 1. The van der Waals surface area contributed by atoms with Gasteiger partial charge < -0.3 is 9.47 Å². The smallest absolute Gasteiger partial charge is 0.238 e. The summed E-state index contributed by atoms with van der Waals surface area (Å²) in [4.78, 5) is 18.7. The van der Waals surface area contributed by atoms with E-state index in [0.717, 1.165) is 24.9 Å². The number of nitrogens with zero attached hydrogens (tertiary/aromatic N) is 3. The minimum Gasteiger partial charge on any atom is -0.334 e. The van der Waals surface area contributed by atoms with Crippen LogP contribution in [0.5, 0.6) is 0 Å². The van der Waals surface area contributed by atoms with E-state index in [1.807, 2.05) is 29.6 Å². The molecule has 4 rings (SSSR count). The predicted octanol–water partition coefficient (Wildman–Crippen LogP) is 3.62. The monoisotopic (exact) mass is 353 g/mol. The molecule has 1 amide bonds. The van der Waals surface area contributed by atoms with Crippen molar-refractivity contribution in [3.05, 3.63) is 66.2 Å². The highest BCUT2D eigenvalue weighted by Crippen LogP contribution is 2.23. The first-order valence-electron chi connectivity index (χ1n) is 8.57. The van der Waals surface area contributed by atoms with Crippen LogP contribution in [0.3, 0.4) is 0 Å². The molecule has 3 aromatic rings. The molecule has 0 aliphatic carbocycles. The fourth-order valence-corrected chi connectivity index (χ4v) is 3.80. The van der Waals surface area contributed by atoms with Gasteiger partial charge in [-0.15, -0.1) is 11.6 Å². The molecule has 2 aromatic carbocycles. The minimum atomic E-state index is -0.00668. The summed E-state index contributed by atoms with van der Waals surface area (Å²) < 4.78 is 2.16. The normalized spacial score (nSPS) is 16.6. The van der Waals surface area contributed by atoms with Gasteiger partial charge in [0, 0.05) is 37.4 Å². The van der Waals surface area contributed by atoms with Gasteiger partial charge in [-0.25, -0.2) is 4.98 Å². The Labute approximate surface area is 152 Å². The molecular weight excluding hydrogens is 334 g/mol. The molecule has 1 atom stereocenters.